The molecule has 0 saturated carbocycles. The molecule has 1 heterocycles. The molecule has 0 aliphatic rings. The van der Waals surface area contributed by atoms with Gasteiger partial charge in [0.15, 0.2) is 16.6 Å². The van der Waals surface area contributed by atoms with Gasteiger partial charge < -0.3 is 4.74 Å². The van der Waals surface area contributed by atoms with Gasteiger partial charge in [0.25, 0.3) is 5.69 Å². The van der Waals surface area contributed by atoms with Crippen LogP contribution in [0.1, 0.15) is 5.01 Å². The van der Waals surface area contributed by atoms with Crippen LogP contribution in [0.2, 0.25) is 0 Å². The number of rotatable bonds is 5. The molecule has 19 heavy (non-hydrogen) atoms. The van der Waals surface area contributed by atoms with E-state index in [1.165, 1.54) is 6.07 Å². The maximum absolute atomic E-state index is 13.5. The van der Waals surface area contributed by atoms with Crippen LogP contribution in [0.5, 0.6) is 5.75 Å². The summed E-state index contributed by atoms with van der Waals surface area (Å²) < 4.78 is 18.6. The van der Waals surface area contributed by atoms with Crippen LogP contribution < -0.4 is 16.0 Å². The van der Waals surface area contributed by atoms with Crippen molar-refractivity contribution >= 4 is 22.2 Å². The van der Waals surface area contributed by atoms with Crippen molar-refractivity contribution in [2.45, 2.75) is 6.61 Å². The summed E-state index contributed by atoms with van der Waals surface area (Å²) in [5, 5.41) is 18.8. The number of aromatic nitrogens is 2. The number of non-ortho nitro benzene ring substituents is 1. The fourth-order valence-corrected chi connectivity index (χ4v) is 1.79. The zero-order valence-electron chi connectivity index (χ0n) is 9.37. The maximum Gasteiger partial charge on any atom is 0.272 e. The van der Waals surface area contributed by atoms with E-state index >= 15 is 0 Å². The molecular formula is C9H8FN5O3S. The second-order valence-corrected chi connectivity index (χ2v) is 4.37. The molecule has 0 fully saturated rings. The summed E-state index contributed by atoms with van der Waals surface area (Å²) in [6.07, 6.45) is 0. The molecule has 0 radical (unpaired) electrons. The van der Waals surface area contributed by atoms with Gasteiger partial charge in [-0.25, -0.2) is 10.2 Å². The first-order valence-electron chi connectivity index (χ1n) is 4.96. The molecule has 0 saturated heterocycles. The number of nitrogen functional groups attached to an aromatic ring is 1. The van der Waals surface area contributed by atoms with Crippen LogP contribution in [-0.2, 0) is 6.61 Å². The van der Waals surface area contributed by atoms with Crippen LogP contribution in [0.15, 0.2) is 18.2 Å². The molecule has 0 spiro atoms. The molecule has 2 aromatic rings. The number of hydrogen-bond acceptors (Lipinski definition) is 8. The summed E-state index contributed by atoms with van der Waals surface area (Å²) in [6, 6.07) is 3.14. The predicted molar refractivity (Wildman–Crippen MR) is 65.1 cm³/mol. The number of halogens is 1. The topological polar surface area (TPSA) is 116 Å². The van der Waals surface area contributed by atoms with E-state index in [0.717, 1.165) is 23.5 Å². The van der Waals surface area contributed by atoms with Crippen LogP contribution in [0, 0.1) is 15.9 Å². The van der Waals surface area contributed by atoms with Gasteiger partial charge in [0, 0.05) is 6.07 Å². The SMILES string of the molecule is NNc1nnc(COc2ccc([N+](=O)[O-])cc2F)s1. The Morgan fingerprint density at radius 2 is 2.32 bits per heavy atom. The van der Waals surface area contributed by atoms with E-state index in [4.69, 9.17) is 10.6 Å². The van der Waals surface area contributed by atoms with Gasteiger partial charge >= 0.3 is 0 Å². The van der Waals surface area contributed by atoms with Crippen LogP contribution in [0.25, 0.3) is 0 Å². The Hall–Kier alpha value is -2.33. The summed E-state index contributed by atoms with van der Waals surface area (Å²) in [6.45, 7) is -0.00588. The first-order valence-corrected chi connectivity index (χ1v) is 5.77. The third kappa shape index (κ3) is 3.11. The molecule has 2 rings (SSSR count). The third-order valence-electron chi connectivity index (χ3n) is 2.07. The summed E-state index contributed by atoms with van der Waals surface area (Å²) in [5.74, 6) is 4.23. The molecule has 0 amide bonds. The van der Waals surface area contributed by atoms with Gasteiger partial charge in [-0.2, -0.15) is 0 Å². The van der Waals surface area contributed by atoms with Crippen molar-refractivity contribution in [1.29, 1.82) is 0 Å². The Labute approximate surface area is 110 Å². The summed E-state index contributed by atoms with van der Waals surface area (Å²) in [4.78, 5) is 9.76. The van der Waals surface area contributed by atoms with E-state index < -0.39 is 10.7 Å². The summed E-state index contributed by atoms with van der Waals surface area (Å²) in [7, 11) is 0. The molecule has 0 unspecified atom stereocenters. The van der Waals surface area contributed by atoms with Crippen molar-refractivity contribution in [3.05, 3.63) is 39.1 Å². The minimum Gasteiger partial charge on any atom is -0.483 e. The second-order valence-electron chi connectivity index (χ2n) is 3.31. The highest BCUT2D eigenvalue weighted by molar-refractivity contribution is 7.15. The van der Waals surface area contributed by atoms with Gasteiger partial charge in [-0.15, -0.1) is 10.2 Å². The smallest absolute Gasteiger partial charge is 0.272 e. The first-order chi connectivity index (χ1) is 9.10. The van der Waals surface area contributed by atoms with Gasteiger partial charge in [-0.1, -0.05) is 11.3 Å². The van der Waals surface area contributed by atoms with Gasteiger partial charge in [0.2, 0.25) is 5.13 Å². The Bertz CT molecular complexity index is 605. The number of benzene rings is 1. The number of nitro benzene ring substituents is 1. The zero-order valence-corrected chi connectivity index (χ0v) is 10.2. The average molecular weight is 285 g/mol. The van der Waals surface area contributed by atoms with E-state index in [1.54, 1.807) is 0 Å². The Balaban J connectivity index is 2.05. The molecule has 0 atom stereocenters. The summed E-state index contributed by atoms with van der Waals surface area (Å²) >= 11 is 1.15. The van der Waals surface area contributed by atoms with Crippen molar-refractivity contribution in [2.24, 2.45) is 5.84 Å². The lowest BCUT2D eigenvalue weighted by molar-refractivity contribution is -0.385. The molecule has 0 aliphatic carbocycles. The minimum atomic E-state index is -0.809. The Morgan fingerprint density at radius 3 is 2.89 bits per heavy atom. The standard InChI is InChI=1S/C9H8FN5O3S/c10-6-3-5(15(16)17)1-2-7(6)18-4-8-13-14-9(12-11)19-8/h1-3H,4,11H2,(H,12,14). The van der Waals surface area contributed by atoms with E-state index in [0.29, 0.717) is 10.1 Å². The number of nitrogens with two attached hydrogens (primary N) is 1. The van der Waals surface area contributed by atoms with Crippen LogP contribution in [-0.4, -0.2) is 15.1 Å². The molecule has 1 aromatic carbocycles. The molecule has 8 nitrogen and oxygen atoms in total. The Morgan fingerprint density at radius 1 is 1.53 bits per heavy atom. The molecule has 0 bridgehead atoms. The number of anilines is 1. The largest absolute Gasteiger partial charge is 0.483 e. The van der Waals surface area contributed by atoms with E-state index in [-0.39, 0.29) is 18.0 Å². The fraction of sp³-hybridized carbons (Fsp3) is 0.111. The number of nitro groups is 1. The first kappa shape index (κ1) is 13.1. The van der Waals surface area contributed by atoms with Gasteiger partial charge in [-0.05, 0) is 6.07 Å². The lowest BCUT2D eigenvalue weighted by Gasteiger charge is -2.04. The van der Waals surface area contributed by atoms with Gasteiger partial charge in [0.1, 0.15) is 6.61 Å². The zero-order chi connectivity index (χ0) is 13.8. The Kier molecular flexibility index (Phi) is 3.82. The van der Waals surface area contributed by atoms with E-state index in [2.05, 4.69) is 15.6 Å². The average Bonchev–Trinajstić information content (AvgIpc) is 2.85. The highest BCUT2D eigenvalue weighted by atomic mass is 32.1. The maximum atomic E-state index is 13.5. The molecule has 0 aliphatic heterocycles. The van der Waals surface area contributed by atoms with Crippen molar-refractivity contribution in [3.63, 3.8) is 0 Å². The highest BCUT2D eigenvalue weighted by Crippen LogP contribution is 2.24. The minimum absolute atomic E-state index is 0.00588. The van der Waals surface area contributed by atoms with Crippen LogP contribution >= 0.6 is 11.3 Å². The van der Waals surface area contributed by atoms with E-state index in [1.807, 2.05) is 0 Å². The van der Waals surface area contributed by atoms with Crippen LogP contribution in [0.4, 0.5) is 15.2 Å². The monoisotopic (exact) mass is 285 g/mol. The van der Waals surface area contributed by atoms with Crippen molar-refractivity contribution < 1.29 is 14.1 Å². The highest BCUT2D eigenvalue weighted by Gasteiger charge is 2.12. The number of nitrogens with one attached hydrogen (secondary N) is 1. The van der Waals surface area contributed by atoms with Crippen molar-refractivity contribution in [3.8, 4) is 5.75 Å². The fourth-order valence-electron chi connectivity index (χ4n) is 1.23. The van der Waals surface area contributed by atoms with Crippen LogP contribution in [0.3, 0.4) is 0 Å². The normalized spacial score (nSPS) is 10.2. The number of ether oxygens (including phenoxy) is 1. The molecular weight excluding hydrogens is 277 g/mol. The summed E-state index contributed by atoms with van der Waals surface area (Å²) in [5.41, 5.74) is 1.98. The van der Waals surface area contributed by atoms with Crippen molar-refractivity contribution in [1.82, 2.24) is 10.2 Å². The lowest BCUT2D eigenvalue weighted by Crippen LogP contribution is -2.05. The van der Waals surface area contributed by atoms with E-state index in [9.17, 15) is 14.5 Å². The van der Waals surface area contributed by atoms with Gasteiger partial charge in [0.05, 0.1) is 11.0 Å². The molecule has 100 valence electrons. The number of hydrazine groups is 1. The molecule has 10 heteroatoms. The predicted octanol–water partition coefficient (Wildman–Crippen LogP) is 1.45. The number of hydrogen-bond donors (Lipinski definition) is 2. The number of nitrogens with zero attached hydrogens (tertiary/aromatic N) is 3. The lowest BCUT2D eigenvalue weighted by atomic mass is 10.3. The van der Waals surface area contributed by atoms with Gasteiger partial charge in [-0.3, -0.25) is 15.5 Å². The molecule has 3 N–H and O–H groups in total. The third-order valence-corrected chi connectivity index (χ3v) is 2.90. The second kappa shape index (κ2) is 5.54. The molecule has 1 aromatic heterocycles. The van der Waals surface area contributed by atoms with Crippen molar-refractivity contribution in [2.75, 3.05) is 5.43 Å². The quantitative estimate of drug-likeness (QED) is 0.485.